The zero-order chi connectivity index (χ0) is 13.1. The van der Waals surface area contributed by atoms with E-state index in [4.69, 9.17) is 5.73 Å². The van der Waals surface area contributed by atoms with Crippen molar-refractivity contribution in [1.29, 1.82) is 0 Å². The summed E-state index contributed by atoms with van der Waals surface area (Å²) >= 11 is 1.49. The third kappa shape index (κ3) is 2.72. The monoisotopic (exact) mass is 267 g/mol. The number of rotatable bonds is 3. The van der Waals surface area contributed by atoms with Gasteiger partial charge in [0, 0.05) is 18.0 Å². The van der Waals surface area contributed by atoms with E-state index >= 15 is 0 Å². The molecule has 5 heteroatoms. The first-order valence-corrected chi connectivity index (χ1v) is 7.53. The van der Waals surface area contributed by atoms with Crippen LogP contribution in [0.2, 0.25) is 0 Å². The Labute approximate surface area is 112 Å². The van der Waals surface area contributed by atoms with Crippen LogP contribution in [0.4, 0.5) is 0 Å². The highest BCUT2D eigenvalue weighted by atomic mass is 32.1. The number of nitrogens with zero attached hydrogens (tertiary/aromatic N) is 2. The first-order chi connectivity index (χ1) is 8.63. The Kier molecular flexibility index (Phi) is 4.35. The maximum absolute atomic E-state index is 12.4. The first-order valence-electron chi connectivity index (χ1n) is 6.65. The Hall–Kier alpha value is -0.940. The van der Waals surface area contributed by atoms with Crippen molar-refractivity contribution in [2.24, 2.45) is 5.73 Å². The van der Waals surface area contributed by atoms with Crippen molar-refractivity contribution < 1.29 is 4.79 Å². The van der Waals surface area contributed by atoms with Crippen LogP contribution in [0.5, 0.6) is 0 Å². The van der Waals surface area contributed by atoms with Crippen LogP contribution in [0.15, 0.2) is 5.38 Å². The van der Waals surface area contributed by atoms with Crippen LogP contribution in [-0.2, 0) is 0 Å². The number of nitrogens with two attached hydrogens (primary N) is 1. The van der Waals surface area contributed by atoms with Gasteiger partial charge in [-0.25, -0.2) is 4.98 Å². The van der Waals surface area contributed by atoms with E-state index in [-0.39, 0.29) is 11.9 Å². The minimum atomic E-state index is -0.0460. The van der Waals surface area contributed by atoms with Gasteiger partial charge in [0.05, 0.1) is 6.04 Å². The van der Waals surface area contributed by atoms with Gasteiger partial charge in [-0.05, 0) is 32.6 Å². The van der Waals surface area contributed by atoms with Crippen LogP contribution >= 0.6 is 11.3 Å². The van der Waals surface area contributed by atoms with Crippen LogP contribution in [0.25, 0.3) is 0 Å². The number of hydrogen-bond donors (Lipinski definition) is 1. The summed E-state index contributed by atoms with van der Waals surface area (Å²) in [4.78, 5) is 18.7. The fraction of sp³-hybridized carbons (Fsp3) is 0.692. The Morgan fingerprint density at radius 2 is 2.44 bits per heavy atom. The summed E-state index contributed by atoms with van der Waals surface area (Å²) in [5.74, 6) is 0.0630. The number of amides is 1. The van der Waals surface area contributed by atoms with E-state index in [9.17, 15) is 4.79 Å². The summed E-state index contributed by atoms with van der Waals surface area (Å²) in [7, 11) is 0. The Morgan fingerprint density at radius 1 is 1.67 bits per heavy atom. The SMILES string of the molecule is CCC(N)c1nc(C(=O)N2CCCCC2C)cs1. The van der Waals surface area contributed by atoms with Crippen LogP contribution in [0, 0.1) is 0 Å². The van der Waals surface area contributed by atoms with Crippen molar-refractivity contribution >= 4 is 17.2 Å². The van der Waals surface area contributed by atoms with Gasteiger partial charge in [-0.15, -0.1) is 11.3 Å². The van der Waals surface area contributed by atoms with Crippen LogP contribution < -0.4 is 5.73 Å². The minimum Gasteiger partial charge on any atom is -0.335 e. The van der Waals surface area contributed by atoms with Gasteiger partial charge in [-0.1, -0.05) is 6.92 Å². The minimum absolute atomic E-state index is 0.0460. The van der Waals surface area contributed by atoms with E-state index in [0.29, 0.717) is 11.7 Å². The largest absolute Gasteiger partial charge is 0.335 e. The van der Waals surface area contributed by atoms with Gasteiger partial charge in [0.2, 0.25) is 0 Å². The molecule has 2 heterocycles. The lowest BCUT2D eigenvalue weighted by Crippen LogP contribution is -2.42. The standard InChI is InChI=1S/C13H21N3OS/c1-3-10(14)12-15-11(8-18-12)13(17)16-7-5-4-6-9(16)2/h8-10H,3-7,14H2,1-2H3. The lowest BCUT2D eigenvalue weighted by Gasteiger charge is -2.32. The van der Waals surface area contributed by atoms with Crippen molar-refractivity contribution in [3.8, 4) is 0 Å². The molecule has 1 amide bonds. The summed E-state index contributed by atoms with van der Waals surface area (Å²) in [5, 5.41) is 2.71. The van der Waals surface area contributed by atoms with Gasteiger partial charge in [0.25, 0.3) is 5.91 Å². The zero-order valence-electron chi connectivity index (χ0n) is 11.1. The molecule has 0 spiro atoms. The first kappa shape index (κ1) is 13.5. The molecule has 1 aliphatic heterocycles. The molecule has 0 aromatic carbocycles. The highest BCUT2D eigenvalue weighted by Crippen LogP contribution is 2.22. The van der Waals surface area contributed by atoms with E-state index in [0.717, 1.165) is 30.8 Å². The van der Waals surface area contributed by atoms with Gasteiger partial charge < -0.3 is 10.6 Å². The second-order valence-corrected chi connectivity index (χ2v) is 5.82. The quantitative estimate of drug-likeness (QED) is 0.915. The van der Waals surface area contributed by atoms with E-state index in [2.05, 4.69) is 11.9 Å². The average Bonchev–Trinajstić information content (AvgIpc) is 2.87. The van der Waals surface area contributed by atoms with Gasteiger partial charge in [-0.2, -0.15) is 0 Å². The topological polar surface area (TPSA) is 59.2 Å². The average molecular weight is 267 g/mol. The smallest absolute Gasteiger partial charge is 0.273 e. The number of thiazole rings is 1. The molecule has 18 heavy (non-hydrogen) atoms. The molecule has 1 aromatic heterocycles. The normalized spacial score (nSPS) is 21.9. The summed E-state index contributed by atoms with van der Waals surface area (Å²) in [6.07, 6.45) is 4.26. The van der Waals surface area contributed by atoms with E-state index in [1.54, 1.807) is 0 Å². The second kappa shape index (κ2) is 5.80. The molecular weight excluding hydrogens is 246 g/mol. The highest BCUT2D eigenvalue weighted by Gasteiger charge is 2.26. The molecule has 2 unspecified atom stereocenters. The van der Waals surface area contributed by atoms with Gasteiger partial charge in [-0.3, -0.25) is 4.79 Å². The molecule has 4 nitrogen and oxygen atoms in total. The maximum Gasteiger partial charge on any atom is 0.273 e. The third-order valence-corrected chi connectivity index (χ3v) is 4.54. The molecule has 2 rings (SSSR count). The summed E-state index contributed by atoms with van der Waals surface area (Å²) < 4.78 is 0. The van der Waals surface area contributed by atoms with Crippen LogP contribution in [0.1, 0.15) is 61.1 Å². The molecule has 0 saturated carbocycles. The van der Waals surface area contributed by atoms with Gasteiger partial charge in [0.15, 0.2) is 0 Å². The number of likely N-dealkylation sites (tertiary alicyclic amines) is 1. The Morgan fingerprint density at radius 3 is 3.11 bits per heavy atom. The molecule has 0 radical (unpaired) electrons. The number of piperidine rings is 1. The molecular formula is C13H21N3OS. The third-order valence-electron chi connectivity index (χ3n) is 3.56. The molecule has 2 N–H and O–H groups in total. The van der Waals surface area contributed by atoms with Gasteiger partial charge in [0.1, 0.15) is 10.7 Å². The highest BCUT2D eigenvalue weighted by molar-refractivity contribution is 7.09. The molecule has 2 atom stereocenters. The second-order valence-electron chi connectivity index (χ2n) is 4.93. The molecule has 1 aromatic rings. The fourth-order valence-corrected chi connectivity index (χ4v) is 3.16. The molecule has 1 fully saturated rings. The maximum atomic E-state index is 12.4. The molecule has 1 aliphatic rings. The van der Waals surface area contributed by atoms with Crippen molar-refractivity contribution in [2.75, 3.05) is 6.54 Å². The van der Waals surface area contributed by atoms with E-state index < -0.39 is 0 Å². The molecule has 1 saturated heterocycles. The van der Waals surface area contributed by atoms with Crippen LogP contribution in [-0.4, -0.2) is 28.4 Å². The van der Waals surface area contributed by atoms with Crippen molar-refractivity contribution in [2.45, 2.75) is 51.6 Å². The van der Waals surface area contributed by atoms with Gasteiger partial charge >= 0.3 is 0 Å². The Balaban J connectivity index is 2.10. The van der Waals surface area contributed by atoms with E-state index in [1.165, 1.54) is 17.8 Å². The number of carbonyl (C=O) groups is 1. The molecule has 0 aliphatic carbocycles. The lowest BCUT2D eigenvalue weighted by molar-refractivity contribution is 0.0630. The number of carbonyl (C=O) groups excluding carboxylic acids is 1. The van der Waals surface area contributed by atoms with Crippen molar-refractivity contribution in [3.05, 3.63) is 16.1 Å². The van der Waals surface area contributed by atoms with Crippen molar-refractivity contribution in [3.63, 3.8) is 0 Å². The number of aromatic nitrogens is 1. The van der Waals surface area contributed by atoms with Crippen molar-refractivity contribution in [1.82, 2.24) is 9.88 Å². The summed E-state index contributed by atoms with van der Waals surface area (Å²) in [6.45, 7) is 5.00. The van der Waals surface area contributed by atoms with Crippen LogP contribution in [0.3, 0.4) is 0 Å². The zero-order valence-corrected chi connectivity index (χ0v) is 11.9. The summed E-state index contributed by atoms with van der Waals surface area (Å²) in [6, 6.07) is 0.284. The predicted octanol–water partition coefficient (Wildman–Crippen LogP) is 2.57. The Bertz CT molecular complexity index is 418. The fourth-order valence-electron chi connectivity index (χ4n) is 2.28. The number of hydrogen-bond acceptors (Lipinski definition) is 4. The summed E-state index contributed by atoms with van der Waals surface area (Å²) in [5.41, 5.74) is 6.50. The predicted molar refractivity (Wildman–Crippen MR) is 73.7 cm³/mol. The molecule has 0 bridgehead atoms. The lowest BCUT2D eigenvalue weighted by atomic mass is 10.0. The molecule has 100 valence electrons. The van der Waals surface area contributed by atoms with E-state index in [1.807, 2.05) is 17.2 Å².